The van der Waals surface area contributed by atoms with E-state index in [1.807, 2.05) is 13.8 Å². The zero-order valence-electron chi connectivity index (χ0n) is 12.5. The first-order valence-electron chi connectivity index (χ1n) is 6.34. The fraction of sp³-hybridized carbons (Fsp3) is 0.462. The molecule has 0 saturated carbocycles. The van der Waals surface area contributed by atoms with Gasteiger partial charge in [0.25, 0.3) is 5.91 Å². The van der Waals surface area contributed by atoms with E-state index >= 15 is 0 Å². The van der Waals surface area contributed by atoms with Gasteiger partial charge >= 0.3 is 0 Å². The van der Waals surface area contributed by atoms with E-state index in [1.54, 1.807) is 0 Å². The van der Waals surface area contributed by atoms with E-state index in [1.165, 1.54) is 20.3 Å². The molecule has 0 aliphatic carbocycles. The predicted molar refractivity (Wildman–Crippen MR) is 78.1 cm³/mol. The third-order valence-electron chi connectivity index (χ3n) is 3.03. The topological polar surface area (TPSA) is 108 Å². The fourth-order valence-corrected chi connectivity index (χ4v) is 2.38. The van der Waals surface area contributed by atoms with Crippen molar-refractivity contribution in [3.05, 3.63) is 17.7 Å². The molecular weight excluding hydrogens is 296 g/mol. The molecule has 1 aromatic carbocycles. The molecule has 118 valence electrons. The lowest BCUT2D eigenvalue weighted by Crippen LogP contribution is -2.32. The van der Waals surface area contributed by atoms with E-state index in [9.17, 15) is 13.2 Å². The van der Waals surface area contributed by atoms with Crippen LogP contribution in [0.5, 0.6) is 11.5 Å². The van der Waals surface area contributed by atoms with Crippen molar-refractivity contribution in [2.45, 2.75) is 31.2 Å². The smallest absolute Gasteiger partial charge is 0.255 e. The van der Waals surface area contributed by atoms with Crippen LogP contribution in [0.3, 0.4) is 0 Å². The highest BCUT2D eigenvalue weighted by Crippen LogP contribution is 2.31. The predicted octanol–water partition coefficient (Wildman–Crippen LogP) is 0.879. The van der Waals surface area contributed by atoms with Crippen LogP contribution in [0.15, 0.2) is 17.0 Å². The number of methoxy groups -OCH3 is 2. The fourth-order valence-electron chi connectivity index (χ4n) is 1.67. The number of nitrogens with one attached hydrogen (secondary N) is 1. The van der Waals surface area contributed by atoms with Crippen LogP contribution < -0.4 is 19.9 Å². The van der Waals surface area contributed by atoms with E-state index in [-0.39, 0.29) is 28.0 Å². The van der Waals surface area contributed by atoms with Gasteiger partial charge in [-0.3, -0.25) is 4.79 Å². The van der Waals surface area contributed by atoms with Gasteiger partial charge in [-0.2, -0.15) is 0 Å². The molecule has 0 heterocycles. The number of benzene rings is 1. The monoisotopic (exact) mass is 316 g/mol. The van der Waals surface area contributed by atoms with E-state index in [4.69, 9.17) is 14.6 Å². The van der Waals surface area contributed by atoms with Gasteiger partial charge in [-0.1, -0.05) is 6.92 Å². The van der Waals surface area contributed by atoms with Crippen molar-refractivity contribution >= 4 is 15.9 Å². The van der Waals surface area contributed by atoms with E-state index in [2.05, 4.69) is 5.32 Å². The van der Waals surface area contributed by atoms with Crippen LogP contribution in [-0.2, 0) is 10.0 Å². The first-order valence-corrected chi connectivity index (χ1v) is 7.88. The summed E-state index contributed by atoms with van der Waals surface area (Å²) in [5, 5.41) is 7.88. The van der Waals surface area contributed by atoms with Crippen molar-refractivity contribution in [3.8, 4) is 11.5 Å². The molecule has 21 heavy (non-hydrogen) atoms. The standard InChI is InChI=1S/C13H20N2O5S/c1-5-8(2)15-13(16)9-6-12(21(14,17)18)11(20-4)7-10(9)19-3/h6-8H,5H2,1-4H3,(H,15,16)(H2,14,17,18). The van der Waals surface area contributed by atoms with Gasteiger partial charge in [-0.15, -0.1) is 0 Å². The average Bonchev–Trinajstić information content (AvgIpc) is 2.44. The summed E-state index contributed by atoms with van der Waals surface area (Å²) < 4.78 is 33.3. The van der Waals surface area contributed by atoms with Gasteiger partial charge in [0.15, 0.2) is 0 Å². The van der Waals surface area contributed by atoms with Gasteiger partial charge < -0.3 is 14.8 Å². The highest BCUT2D eigenvalue weighted by atomic mass is 32.2. The molecule has 0 aliphatic heterocycles. The second-order valence-electron chi connectivity index (χ2n) is 4.53. The summed E-state index contributed by atoms with van der Waals surface area (Å²) in [5.74, 6) is -0.205. The Labute approximate surface area is 124 Å². The Balaban J connectivity index is 3.40. The Morgan fingerprint density at radius 2 is 1.86 bits per heavy atom. The number of sulfonamides is 1. The molecule has 1 amide bonds. The third kappa shape index (κ3) is 4.08. The molecule has 1 atom stereocenters. The summed E-state index contributed by atoms with van der Waals surface area (Å²) in [7, 11) is -1.33. The second kappa shape index (κ2) is 6.77. The number of hydrogen-bond acceptors (Lipinski definition) is 5. The van der Waals surface area contributed by atoms with Crippen molar-refractivity contribution in [2.24, 2.45) is 5.14 Å². The molecular formula is C13H20N2O5S. The Hall–Kier alpha value is -1.80. The van der Waals surface area contributed by atoms with Crippen molar-refractivity contribution in [2.75, 3.05) is 14.2 Å². The van der Waals surface area contributed by atoms with Crippen molar-refractivity contribution in [1.29, 1.82) is 0 Å². The van der Waals surface area contributed by atoms with E-state index < -0.39 is 15.9 Å². The highest BCUT2D eigenvalue weighted by Gasteiger charge is 2.23. The number of carbonyl (C=O) groups excluding carboxylic acids is 1. The number of primary sulfonamides is 1. The average molecular weight is 316 g/mol. The van der Waals surface area contributed by atoms with E-state index in [0.29, 0.717) is 0 Å². The van der Waals surface area contributed by atoms with Crippen molar-refractivity contribution in [3.63, 3.8) is 0 Å². The molecule has 8 heteroatoms. The molecule has 0 radical (unpaired) electrons. The summed E-state index contributed by atoms with van der Waals surface area (Å²) in [6.45, 7) is 3.76. The zero-order valence-corrected chi connectivity index (χ0v) is 13.3. The first-order chi connectivity index (χ1) is 9.74. The number of ether oxygens (including phenoxy) is 2. The largest absolute Gasteiger partial charge is 0.496 e. The van der Waals surface area contributed by atoms with Gasteiger partial charge in [0.2, 0.25) is 10.0 Å². The van der Waals surface area contributed by atoms with Gasteiger partial charge in [-0.05, 0) is 19.4 Å². The maximum Gasteiger partial charge on any atom is 0.255 e. The summed E-state index contributed by atoms with van der Waals surface area (Å²) >= 11 is 0. The van der Waals surface area contributed by atoms with Crippen LogP contribution in [-0.4, -0.2) is 34.6 Å². The van der Waals surface area contributed by atoms with Crippen LogP contribution in [0.1, 0.15) is 30.6 Å². The zero-order chi connectivity index (χ0) is 16.2. The summed E-state index contributed by atoms with van der Waals surface area (Å²) in [4.78, 5) is 11.9. The van der Waals surface area contributed by atoms with Crippen LogP contribution >= 0.6 is 0 Å². The number of nitrogens with two attached hydrogens (primary N) is 1. The summed E-state index contributed by atoms with van der Waals surface area (Å²) in [5.41, 5.74) is 0.0858. The Bertz CT molecular complexity index is 628. The Morgan fingerprint density at radius 3 is 2.29 bits per heavy atom. The molecule has 0 saturated heterocycles. The maximum atomic E-state index is 12.2. The quantitative estimate of drug-likeness (QED) is 0.810. The Morgan fingerprint density at radius 1 is 1.29 bits per heavy atom. The molecule has 1 unspecified atom stereocenters. The minimum Gasteiger partial charge on any atom is -0.496 e. The minimum absolute atomic E-state index is 0.0226. The molecule has 1 aromatic rings. The third-order valence-corrected chi connectivity index (χ3v) is 3.96. The normalized spacial score (nSPS) is 12.6. The molecule has 0 aliphatic rings. The number of carbonyl (C=O) groups is 1. The first kappa shape index (κ1) is 17.3. The van der Waals surface area contributed by atoms with Gasteiger partial charge in [0.1, 0.15) is 16.4 Å². The molecule has 3 N–H and O–H groups in total. The van der Waals surface area contributed by atoms with Crippen LogP contribution in [0.4, 0.5) is 0 Å². The SMILES string of the molecule is CCC(C)NC(=O)c1cc(S(N)(=O)=O)c(OC)cc1OC. The van der Waals surface area contributed by atoms with Gasteiger partial charge in [-0.25, -0.2) is 13.6 Å². The second-order valence-corrected chi connectivity index (χ2v) is 6.06. The molecule has 1 rings (SSSR count). The highest BCUT2D eigenvalue weighted by molar-refractivity contribution is 7.89. The van der Waals surface area contributed by atoms with Crippen molar-refractivity contribution in [1.82, 2.24) is 5.32 Å². The lowest BCUT2D eigenvalue weighted by Gasteiger charge is -2.16. The number of amides is 1. The molecule has 0 aromatic heterocycles. The molecule has 0 fully saturated rings. The maximum absolute atomic E-state index is 12.2. The lowest BCUT2D eigenvalue weighted by molar-refractivity contribution is 0.0936. The molecule has 7 nitrogen and oxygen atoms in total. The van der Waals surface area contributed by atoms with Crippen LogP contribution in [0, 0.1) is 0 Å². The lowest BCUT2D eigenvalue weighted by atomic mass is 10.1. The minimum atomic E-state index is -4.02. The van der Waals surface area contributed by atoms with Crippen LogP contribution in [0.2, 0.25) is 0 Å². The number of rotatable bonds is 6. The summed E-state index contributed by atoms with van der Waals surface area (Å²) in [6, 6.07) is 2.43. The summed E-state index contributed by atoms with van der Waals surface area (Å²) in [6.07, 6.45) is 0.742. The van der Waals surface area contributed by atoms with Gasteiger partial charge in [0, 0.05) is 12.1 Å². The van der Waals surface area contributed by atoms with Crippen molar-refractivity contribution < 1.29 is 22.7 Å². The molecule has 0 bridgehead atoms. The van der Waals surface area contributed by atoms with E-state index in [0.717, 1.165) is 12.5 Å². The molecule has 0 spiro atoms. The Kier molecular flexibility index (Phi) is 5.56. The van der Waals surface area contributed by atoms with Gasteiger partial charge in [0.05, 0.1) is 19.8 Å². The number of hydrogen-bond donors (Lipinski definition) is 2. The van der Waals surface area contributed by atoms with Crippen LogP contribution in [0.25, 0.3) is 0 Å².